The van der Waals surface area contributed by atoms with Gasteiger partial charge in [-0.1, -0.05) is 72.8 Å². The Morgan fingerprint density at radius 2 is 0.806 bits per heavy atom. The topological polar surface area (TPSA) is 44.2 Å². The first-order chi connectivity index (χ1) is 17.9. The van der Waals surface area contributed by atoms with E-state index in [1.165, 1.54) is 0 Å². The summed E-state index contributed by atoms with van der Waals surface area (Å²) in [6.07, 6.45) is 3.56. The van der Waals surface area contributed by atoms with Crippen molar-refractivity contribution in [3.05, 3.63) is 122 Å². The first-order valence-corrected chi connectivity index (χ1v) is 11.8. The van der Waals surface area contributed by atoms with Gasteiger partial charge >= 0.3 is 0 Å². The van der Waals surface area contributed by atoms with Gasteiger partial charge in [-0.3, -0.25) is 9.97 Å². The highest BCUT2D eigenvalue weighted by atomic mass is 16.5. The number of pyridine rings is 2. The number of rotatable bonds is 4. The monoisotopic (exact) mass is 464 g/mol. The van der Waals surface area contributed by atoms with Crippen molar-refractivity contribution in [2.75, 3.05) is 0 Å². The minimum atomic E-state index is 0.662. The Morgan fingerprint density at radius 1 is 0.389 bits per heavy atom. The maximum absolute atomic E-state index is 6.64. The average Bonchev–Trinajstić information content (AvgIpc) is 2.95. The predicted molar refractivity (Wildman–Crippen MR) is 145 cm³/mol. The molecule has 2 heterocycles. The van der Waals surface area contributed by atoms with Crippen LogP contribution < -0.4 is 9.47 Å². The molecule has 0 bridgehead atoms. The molecule has 0 amide bonds. The average molecular weight is 465 g/mol. The summed E-state index contributed by atoms with van der Waals surface area (Å²) in [5.74, 6) is 2.87. The second-order valence-corrected chi connectivity index (χ2v) is 8.62. The normalized spacial score (nSPS) is 11.3. The third kappa shape index (κ3) is 3.31. The maximum atomic E-state index is 6.64. The second-order valence-electron chi connectivity index (χ2n) is 8.62. The molecule has 0 fully saturated rings. The summed E-state index contributed by atoms with van der Waals surface area (Å²) >= 11 is 0. The number of ether oxygens (including phenoxy) is 2. The highest BCUT2D eigenvalue weighted by Crippen LogP contribution is 2.45. The summed E-state index contributed by atoms with van der Waals surface area (Å²) in [5.41, 5.74) is 1.45. The smallest absolute Gasteiger partial charge is 0.163 e. The van der Waals surface area contributed by atoms with Crippen LogP contribution in [0.2, 0.25) is 0 Å². The predicted octanol–water partition coefficient (Wildman–Crippen LogP) is 8.67. The van der Waals surface area contributed by atoms with Gasteiger partial charge in [0.15, 0.2) is 11.5 Å². The van der Waals surface area contributed by atoms with Crippen LogP contribution in [-0.4, -0.2) is 9.97 Å². The third-order valence-electron chi connectivity index (χ3n) is 6.46. The summed E-state index contributed by atoms with van der Waals surface area (Å²) in [6.45, 7) is 0. The molecular formula is C32H20N2O2. The molecule has 0 N–H and O–H groups in total. The highest BCUT2D eigenvalue weighted by molar-refractivity contribution is 6.09. The van der Waals surface area contributed by atoms with Gasteiger partial charge in [0.25, 0.3) is 0 Å². The molecular weight excluding hydrogens is 444 g/mol. The van der Waals surface area contributed by atoms with Crippen LogP contribution in [0.4, 0.5) is 0 Å². The third-order valence-corrected chi connectivity index (χ3v) is 6.46. The molecule has 0 unspecified atom stereocenters. The van der Waals surface area contributed by atoms with E-state index in [9.17, 15) is 0 Å². The second kappa shape index (κ2) is 8.36. The molecule has 0 saturated carbocycles. The Hall–Kier alpha value is -4.96. The zero-order valence-corrected chi connectivity index (χ0v) is 19.3. The van der Waals surface area contributed by atoms with E-state index in [4.69, 9.17) is 19.4 Å². The van der Waals surface area contributed by atoms with Crippen molar-refractivity contribution in [1.29, 1.82) is 0 Å². The van der Waals surface area contributed by atoms with Crippen molar-refractivity contribution in [2.45, 2.75) is 0 Å². The van der Waals surface area contributed by atoms with Gasteiger partial charge in [-0.2, -0.15) is 0 Å². The highest BCUT2D eigenvalue weighted by Gasteiger charge is 2.20. The summed E-state index contributed by atoms with van der Waals surface area (Å²) in [4.78, 5) is 9.48. The van der Waals surface area contributed by atoms with Gasteiger partial charge < -0.3 is 9.47 Å². The molecule has 0 spiro atoms. The zero-order chi connectivity index (χ0) is 23.9. The Labute approximate surface area is 207 Å². The minimum absolute atomic E-state index is 0.662. The van der Waals surface area contributed by atoms with Crippen molar-refractivity contribution in [3.63, 3.8) is 0 Å². The van der Waals surface area contributed by atoms with E-state index in [2.05, 4.69) is 36.4 Å². The maximum Gasteiger partial charge on any atom is 0.163 e. The number of hydrogen-bond acceptors (Lipinski definition) is 4. The molecule has 170 valence electrons. The SMILES string of the molecule is c1ccc2c(Oc3c4cccnc4c(Oc4cccc5ccccc45)c4cccnc34)cccc2c1. The van der Waals surface area contributed by atoms with Crippen molar-refractivity contribution >= 4 is 43.4 Å². The van der Waals surface area contributed by atoms with E-state index in [0.717, 1.165) is 54.8 Å². The quantitative estimate of drug-likeness (QED) is 0.244. The molecule has 5 aromatic carbocycles. The lowest BCUT2D eigenvalue weighted by Gasteiger charge is -2.17. The Balaban J connectivity index is 1.47. The molecule has 0 atom stereocenters. The summed E-state index contributed by atoms with van der Waals surface area (Å²) in [5, 5.41) is 5.99. The molecule has 7 aromatic rings. The Bertz CT molecular complexity index is 1710. The number of benzene rings is 5. The van der Waals surface area contributed by atoms with Crippen LogP contribution in [0.1, 0.15) is 0 Å². The van der Waals surface area contributed by atoms with Crippen molar-refractivity contribution in [3.8, 4) is 23.0 Å². The molecule has 7 rings (SSSR count). The fourth-order valence-electron chi connectivity index (χ4n) is 4.79. The van der Waals surface area contributed by atoms with Crippen molar-refractivity contribution in [2.24, 2.45) is 0 Å². The van der Waals surface area contributed by atoms with E-state index in [0.29, 0.717) is 11.5 Å². The lowest BCUT2D eigenvalue weighted by molar-refractivity contribution is 0.489. The van der Waals surface area contributed by atoms with Crippen LogP contribution in [0, 0.1) is 0 Å². The molecule has 4 heteroatoms. The van der Waals surface area contributed by atoms with E-state index in [1.54, 1.807) is 12.4 Å². The van der Waals surface area contributed by atoms with Crippen LogP contribution in [-0.2, 0) is 0 Å². The van der Waals surface area contributed by atoms with Crippen molar-refractivity contribution in [1.82, 2.24) is 9.97 Å². The van der Waals surface area contributed by atoms with Crippen LogP contribution in [0.3, 0.4) is 0 Å². The van der Waals surface area contributed by atoms with Gasteiger partial charge in [0.1, 0.15) is 22.5 Å². The van der Waals surface area contributed by atoms with E-state index in [1.807, 2.05) is 72.8 Å². The zero-order valence-electron chi connectivity index (χ0n) is 19.3. The van der Waals surface area contributed by atoms with Crippen molar-refractivity contribution < 1.29 is 9.47 Å². The molecule has 0 aliphatic rings. The lowest BCUT2D eigenvalue weighted by Crippen LogP contribution is -1.96. The van der Waals surface area contributed by atoms with E-state index in [-0.39, 0.29) is 0 Å². The molecule has 0 radical (unpaired) electrons. The first kappa shape index (κ1) is 20.4. The molecule has 0 saturated heterocycles. The van der Waals surface area contributed by atoms with Crippen LogP contribution in [0.5, 0.6) is 23.0 Å². The van der Waals surface area contributed by atoms with Crippen LogP contribution >= 0.6 is 0 Å². The number of aromatic nitrogens is 2. The van der Waals surface area contributed by atoms with E-state index < -0.39 is 0 Å². The summed E-state index contributed by atoms with van der Waals surface area (Å²) in [6, 6.07) is 36.4. The molecule has 36 heavy (non-hydrogen) atoms. The largest absolute Gasteiger partial charge is 0.454 e. The van der Waals surface area contributed by atoms with Crippen LogP contribution in [0.25, 0.3) is 43.4 Å². The minimum Gasteiger partial charge on any atom is -0.454 e. The molecule has 4 nitrogen and oxygen atoms in total. The molecule has 2 aromatic heterocycles. The van der Waals surface area contributed by atoms with Gasteiger partial charge in [-0.25, -0.2) is 0 Å². The summed E-state index contributed by atoms with van der Waals surface area (Å²) in [7, 11) is 0. The van der Waals surface area contributed by atoms with Gasteiger partial charge in [0, 0.05) is 33.9 Å². The van der Waals surface area contributed by atoms with Gasteiger partial charge in [0.2, 0.25) is 0 Å². The summed E-state index contributed by atoms with van der Waals surface area (Å²) < 4.78 is 13.3. The number of nitrogens with zero attached hydrogens (tertiary/aromatic N) is 2. The molecule has 0 aliphatic carbocycles. The van der Waals surface area contributed by atoms with E-state index >= 15 is 0 Å². The number of fused-ring (bicyclic) bond motifs is 4. The molecule has 0 aliphatic heterocycles. The Morgan fingerprint density at radius 3 is 1.31 bits per heavy atom. The van der Waals surface area contributed by atoms with Gasteiger partial charge in [-0.15, -0.1) is 0 Å². The number of hydrogen-bond donors (Lipinski definition) is 0. The van der Waals surface area contributed by atoms with Gasteiger partial charge in [-0.05, 0) is 47.2 Å². The fraction of sp³-hybridized carbons (Fsp3) is 0. The van der Waals surface area contributed by atoms with Crippen LogP contribution in [0.15, 0.2) is 122 Å². The Kier molecular flexibility index (Phi) is 4.74. The first-order valence-electron chi connectivity index (χ1n) is 11.8. The standard InChI is InChI=1S/C32H20N2O2/c1-3-13-23-21(9-1)11-5-17-27(23)35-31-25-15-7-20-34-30(25)32(26-16-8-19-33-29(26)31)36-28-18-6-12-22-10-2-4-14-24(22)28/h1-20H. The fourth-order valence-corrected chi connectivity index (χ4v) is 4.79. The van der Waals surface area contributed by atoms with Gasteiger partial charge in [0.05, 0.1) is 0 Å². The lowest BCUT2D eigenvalue weighted by atomic mass is 10.1.